The van der Waals surface area contributed by atoms with E-state index in [0.29, 0.717) is 12.5 Å². The average molecular weight is 257 g/mol. The van der Waals surface area contributed by atoms with Crippen LogP contribution in [-0.4, -0.2) is 19.9 Å². The molecule has 0 aromatic carbocycles. The molecule has 0 saturated heterocycles. The smallest absolute Gasteiger partial charge is 0.133 e. The van der Waals surface area contributed by atoms with Crippen molar-refractivity contribution in [1.29, 1.82) is 0 Å². The summed E-state index contributed by atoms with van der Waals surface area (Å²) in [6, 6.07) is 3.84. The minimum Gasteiger partial charge on any atom is -0.364 e. The minimum atomic E-state index is 0.321. The molecule has 0 saturated carbocycles. The normalized spacial score (nSPS) is 10.8. The molecule has 0 bridgehead atoms. The zero-order valence-corrected chi connectivity index (χ0v) is 11.8. The highest BCUT2D eigenvalue weighted by molar-refractivity contribution is 5.36. The van der Waals surface area contributed by atoms with Crippen LogP contribution in [0.3, 0.4) is 0 Å². The molecular weight excluding hydrogens is 238 g/mol. The van der Waals surface area contributed by atoms with E-state index >= 15 is 0 Å². The molecule has 0 fully saturated rings. The van der Waals surface area contributed by atoms with Gasteiger partial charge in [-0.2, -0.15) is 0 Å². The summed E-state index contributed by atoms with van der Waals surface area (Å²) in [4.78, 5) is 17.4. The Morgan fingerprint density at radius 2 is 1.95 bits per heavy atom. The third-order valence-electron chi connectivity index (χ3n) is 2.67. The van der Waals surface area contributed by atoms with E-state index in [2.05, 4.69) is 39.1 Å². The Labute approximate surface area is 113 Å². The highest BCUT2D eigenvalue weighted by Gasteiger charge is 2.06. The molecule has 0 amide bonds. The third kappa shape index (κ3) is 3.71. The molecular formula is C14H19N5. The first-order valence-electron chi connectivity index (χ1n) is 6.42. The van der Waals surface area contributed by atoms with Crippen LogP contribution in [0.4, 0.5) is 5.82 Å². The molecule has 0 aliphatic carbocycles. The summed E-state index contributed by atoms with van der Waals surface area (Å²) in [5.74, 6) is 2.80. The van der Waals surface area contributed by atoms with Crippen molar-refractivity contribution in [2.45, 2.75) is 40.2 Å². The van der Waals surface area contributed by atoms with Crippen molar-refractivity contribution in [1.82, 2.24) is 19.9 Å². The van der Waals surface area contributed by atoms with Gasteiger partial charge in [-0.15, -0.1) is 0 Å². The number of hydrogen-bond acceptors (Lipinski definition) is 5. The fraction of sp³-hybridized carbons (Fsp3) is 0.429. The Hall–Kier alpha value is -2.04. The molecule has 0 aliphatic heterocycles. The highest BCUT2D eigenvalue weighted by atomic mass is 15.0. The molecule has 5 nitrogen and oxygen atoms in total. The lowest BCUT2D eigenvalue weighted by atomic mass is 10.2. The number of aryl methyl sites for hydroxylation is 2. The maximum atomic E-state index is 4.50. The topological polar surface area (TPSA) is 63.6 Å². The van der Waals surface area contributed by atoms with Gasteiger partial charge in [0.25, 0.3) is 0 Å². The fourth-order valence-electron chi connectivity index (χ4n) is 1.72. The van der Waals surface area contributed by atoms with E-state index in [4.69, 9.17) is 0 Å². The average Bonchev–Trinajstić information content (AvgIpc) is 2.36. The van der Waals surface area contributed by atoms with Gasteiger partial charge in [-0.3, -0.25) is 0 Å². The van der Waals surface area contributed by atoms with Crippen molar-refractivity contribution < 1.29 is 0 Å². The predicted molar refractivity (Wildman–Crippen MR) is 75.0 cm³/mol. The molecule has 0 radical (unpaired) electrons. The van der Waals surface area contributed by atoms with Crippen LogP contribution in [0.25, 0.3) is 0 Å². The Bertz CT molecular complexity index is 566. The molecule has 19 heavy (non-hydrogen) atoms. The van der Waals surface area contributed by atoms with Crippen molar-refractivity contribution in [2.24, 2.45) is 0 Å². The molecule has 2 aromatic heterocycles. The highest BCUT2D eigenvalue weighted by Crippen LogP contribution is 2.14. The summed E-state index contributed by atoms with van der Waals surface area (Å²) in [7, 11) is 0. The van der Waals surface area contributed by atoms with Gasteiger partial charge >= 0.3 is 0 Å². The van der Waals surface area contributed by atoms with E-state index in [1.807, 2.05) is 26.0 Å². The standard InChI is InChI=1S/C14H19N5/c1-9(2)14-17-10(3)7-13(19-14)16-8-12-5-6-15-11(4)18-12/h5-7,9H,8H2,1-4H3,(H,16,17,19). The second-order valence-corrected chi connectivity index (χ2v) is 4.86. The largest absolute Gasteiger partial charge is 0.364 e. The van der Waals surface area contributed by atoms with Crippen LogP contribution >= 0.6 is 0 Å². The van der Waals surface area contributed by atoms with Crippen molar-refractivity contribution >= 4 is 5.82 Å². The predicted octanol–water partition coefficient (Wildman–Crippen LogP) is 2.62. The van der Waals surface area contributed by atoms with Gasteiger partial charge in [0.05, 0.1) is 12.2 Å². The Morgan fingerprint density at radius 1 is 1.16 bits per heavy atom. The lowest BCUT2D eigenvalue weighted by molar-refractivity contribution is 0.766. The van der Waals surface area contributed by atoms with E-state index in [1.165, 1.54) is 0 Å². The Balaban J connectivity index is 2.11. The lowest BCUT2D eigenvalue weighted by Gasteiger charge is -2.10. The van der Waals surface area contributed by atoms with Gasteiger partial charge in [0.15, 0.2) is 0 Å². The van der Waals surface area contributed by atoms with Crippen LogP contribution in [0, 0.1) is 13.8 Å². The molecule has 0 unspecified atom stereocenters. The third-order valence-corrected chi connectivity index (χ3v) is 2.67. The molecule has 0 spiro atoms. The van der Waals surface area contributed by atoms with Gasteiger partial charge in [-0.05, 0) is 19.9 Å². The quantitative estimate of drug-likeness (QED) is 0.912. The molecule has 1 N–H and O–H groups in total. The van der Waals surface area contributed by atoms with Crippen molar-refractivity contribution in [2.75, 3.05) is 5.32 Å². The lowest BCUT2D eigenvalue weighted by Crippen LogP contribution is -2.08. The number of rotatable bonds is 4. The van der Waals surface area contributed by atoms with Crippen LogP contribution in [0.5, 0.6) is 0 Å². The van der Waals surface area contributed by atoms with Crippen molar-refractivity contribution in [3.05, 3.63) is 41.4 Å². The van der Waals surface area contributed by atoms with E-state index in [0.717, 1.165) is 28.9 Å². The molecule has 0 aliphatic rings. The second kappa shape index (κ2) is 5.73. The van der Waals surface area contributed by atoms with Crippen molar-refractivity contribution in [3.63, 3.8) is 0 Å². The summed E-state index contributed by atoms with van der Waals surface area (Å²) >= 11 is 0. The Morgan fingerprint density at radius 3 is 2.63 bits per heavy atom. The molecule has 2 heterocycles. The minimum absolute atomic E-state index is 0.321. The van der Waals surface area contributed by atoms with Gasteiger partial charge in [0.1, 0.15) is 17.5 Å². The number of nitrogens with zero attached hydrogens (tertiary/aromatic N) is 4. The summed E-state index contributed by atoms with van der Waals surface area (Å²) in [6.07, 6.45) is 1.77. The SMILES string of the molecule is Cc1cc(NCc2ccnc(C)n2)nc(C(C)C)n1. The first-order chi connectivity index (χ1) is 9.04. The summed E-state index contributed by atoms with van der Waals surface area (Å²) in [5.41, 5.74) is 1.93. The Kier molecular flexibility index (Phi) is 4.04. The van der Waals surface area contributed by atoms with E-state index in [9.17, 15) is 0 Å². The molecule has 2 aromatic rings. The van der Waals surface area contributed by atoms with Gasteiger partial charge in [0, 0.05) is 23.9 Å². The summed E-state index contributed by atoms with van der Waals surface area (Å²) in [6.45, 7) is 8.68. The van der Waals surface area contributed by atoms with Gasteiger partial charge in [-0.1, -0.05) is 13.8 Å². The van der Waals surface area contributed by atoms with Gasteiger partial charge in [0.2, 0.25) is 0 Å². The fourth-order valence-corrected chi connectivity index (χ4v) is 1.72. The molecule has 100 valence electrons. The van der Waals surface area contributed by atoms with E-state index in [-0.39, 0.29) is 0 Å². The van der Waals surface area contributed by atoms with Gasteiger partial charge < -0.3 is 5.32 Å². The van der Waals surface area contributed by atoms with Crippen LogP contribution < -0.4 is 5.32 Å². The summed E-state index contributed by atoms with van der Waals surface area (Å²) < 4.78 is 0. The number of nitrogens with one attached hydrogen (secondary N) is 1. The molecule has 2 rings (SSSR count). The van der Waals surface area contributed by atoms with Crippen LogP contribution in [0.1, 0.15) is 42.8 Å². The summed E-state index contributed by atoms with van der Waals surface area (Å²) in [5, 5.41) is 3.28. The monoisotopic (exact) mass is 257 g/mol. The van der Waals surface area contributed by atoms with Crippen LogP contribution in [0.2, 0.25) is 0 Å². The van der Waals surface area contributed by atoms with Gasteiger partial charge in [-0.25, -0.2) is 19.9 Å². The molecule has 5 heteroatoms. The van der Waals surface area contributed by atoms with E-state index < -0.39 is 0 Å². The first kappa shape index (κ1) is 13.4. The van der Waals surface area contributed by atoms with Crippen LogP contribution in [-0.2, 0) is 6.54 Å². The zero-order chi connectivity index (χ0) is 13.8. The number of hydrogen-bond donors (Lipinski definition) is 1. The number of aromatic nitrogens is 4. The van der Waals surface area contributed by atoms with Crippen molar-refractivity contribution in [3.8, 4) is 0 Å². The first-order valence-corrected chi connectivity index (χ1v) is 6.42. The maximum Gasteiger partial charge on any atom is 0.133 e. The molecule has 0 atom stereocenters. The second-order valence-electron chi connectivity index (χ2n) is 4.86. The maximum absolute atomic E-state index is 4.50. The zero-order valence-electron chi connectivity index (χ0n) is 11.8. The number of anilines is 1. The van der Waals surface area contributed by atoms with E-state index in [1.54, 1.807) is 6.20 Å². The van der Waals surface area contributed by atoms with Crippen LogP contribution in [0.15, 0.2) is 18.3 Å².